The van der Waals surface area contributed by atoms with Crippen LogP contribution in [0.3, 0.4) is 0 Å². The summed E-state index contributed by atoms with van der Waals surface area (Å²) < 4.78 is 31.9. The Balaban J connectivity index is 1.51. The van der Waals surface area contributed by atoms with Crippen LogP contribution in [-0.4, -0.2) is 72.2 Å². The fourth-order valence-electron chi connectivity index (χ4n) is 3.91. The van der Waals surface area contributed by atoms with E-state index in [0.717, 1.165) is 13.1 Å². The highest BCUT2D eigenvalue weighted by Gasteiger charge is 2.44. The van der Waals surface area contributed by atoms with Crippen LogP contribution < -0.4 is 10.2 Å². The molecular weight excluding hydrogens is 450 g/mol. The molecule has 0 bridgehead atoms. The van der Waals surface area contributed by atoms with Gasteiger partial charge in [0, 0.05) is 31.9 Å². The second kappa shape index (κ2) is 10.3. The molecule has 1 N–H and O–H groups in total. The van der Waals surface area contributed by atoms with Gasteiger partial charge < -0.3 is 15.0 Å². The minimum absolute atomic E-state index is 0.128. The van der Waals surface area contributed by atoms with Crippen LogP contribution in [-0.2, 0) is 14.3 Å². The van der Waals surface area contributed by atoms with E-state index in [9.17, 15) is 18.4 Å². The van der Waals surface area contributed by atoms with Crippen molar-refractivity contribution >= 4 is 40.5 Å². The summed E-state index contributed by atoms with van der Waals surface area (Å²) in [4.78, 5) is 31.4. The van der Waals surface area contributed by atoms with E-state index < -0.39 is 17.7 Å². The molecule has 0 aliphatic carbocycles. The maximum Gasteiger partial charge on any atom is 0.256 e. The Bertz CT molecular complexity index is 1010. The first-order chi connectivity index (χ1) is 15.9. The molecule has 1 atom stereocenters. The van der Waals surface area contributed by atoms with Crippen molar-refractivity contribution in [2.24, 2.45) is 0 Å². The van der Waals surface area contributed by atoms with Crippen LogP contribution in [0.4, 0.5) is 20.2 Å². The molecule has 0 unspecified atom stereocenters. The number of ether oxygens (including phenoxy) is 1. The Morgan fingerprint density at radius 1 is 1.00 bits per heavy atom. The van der Waals surface area contributed by atoms with Crippen LogP contribution in [0.1, 0.15) is 6.42 Å². The number of nitrogens with zero attached hydrogens (tertiary/aromatic N) is 3. The number of morpholine rings is 1. The van der Waals surface area contributed by atoms with Crippen molar-refractivity contribution in [2.45, 2.75) is 12.5 Å². The van der Waals surface area contributed by atoms with Crippen molar-refractivity contribution < 1.29 is 23.1 Å². The molecule has 2 amide bonds. The highest BCUT2D eigenvalue weighted by atomic mass is 32.1. The first-order valence-corrected chi connectivity index (χ1v) is 11.1. The Kier molecular flexibility index (Phi) is 7.26. The molecule has 2 saturated heterocycles. The van der Waals surface area contributed by atoms with Crippen LogP contribution in [0.5, 0.6) is 0 Å². The molecule has 0 radical (unpaired) electrons. The molecule has 33 heavy (non-hydrogen) atoms. The molecule has 0 saturated carbocycles. The van der Waals surface area contributed by atoms with E-state index in [1.807, 2.05) is 0 Å². The van der Waals surface area contributed by atoms with Gasteiger partial charge in [0.05, 0.1) is 25.3 Å². The quantitative estimate of drug-likeness (QED) is 0.623. The lowest BCUT2D eigenvalue weighted by Gasteiger charge is -2.30. The van der Waals surface area contributed by atoms with E-state index in [1.165, 1.54) is 53.4 Å². The number of nitrogens with one attached hydrogen (secondary N) is 1. The molecule has 2 aliphatic heterocycles. The Hall–Kier alpha value is -2.95. The van der Waals surface area contributed by atoms with E-state index in [4.69, 9.17) is 17.0 Å². The van der Waals surface area contributed by atoms with Gasteiger partial charge in [-0.3, -0.25) is 19.4 Å². The van der Waals surface area contributed by atoms with E-state index in [2.05, 4.69) is 10.2 Å². The summed E-state index contributed by atoms with van der Waals surface area (Å²) in [7, 11) is 0. The topological polar surface area (TPSA) is 65.1 Å². The maximum absolute atomic E-state index is 13.4. The molecular formula is C23H24F2N4O3S. The summed E-state index contributed by atoms with van der Waals surface area (Å²) >= 11 is 5.62. The molecule has 0 aromatic heterocycles. The average Bonchev–Trinajstić information content (AvgIpc) is 3.04. The van der Waals surface area contributed by atoms with Crippen LogP contribution in [0, 0.1) is 11.6 Å². The lowest BCUT2D eigenvalue weighted by Crippen LogP contribution is -2.45. The number of carbonyl (C=O) groups is 2. The predicted octanol–water partition coefficient (Wildman–Crippen LogP) is 2.63. The molecule has 7 nitrogen and oxygen atoms in total. The number of halogens is 2. The molecule has 4 rings (SSSR count). The van der Waals surface area contributed by atoms with Crippen LogP contribution in [0.15, 0.2) is 48.5 Å². The fraction of sp³-hybridized carbons (Fsp3) is 0.348. The molecule has 0 spiro atoms. The van der Waals surface area contributed by atoms with Crippen molar-refractivity contribution in [3.63, 3.8) is 0 Å². The van der Waals surface area contributed by atoms with Gasteiger partial charge in [0.1, 0.15) is 17.7 Å². The van der Waals surface area contributed by atoms with Crippen LogP contribution in [0.25, 0.3) is 0 Å². The standard InChI is InChI=1S/C23H24F2N4O3S/c24-16-1-5-18(6-2-16)26-21(30)15-20-22(31)29(19-7-3-17(25)4-8-19)23(33)28(20)10-9-27-11-13-32-14-12-27/h1-8,20H,9-15H2,(H,26,30)/t20-/m0/s1. The zero-order valence-corrected chi connectivity index (χ0v) is 18.7. The minimum Gasteiger partial charge on any atom is -0.379 e. The molecule has 2 heterocycles. The molecule has 2 aromatic carbocycles. The molecule has 2 aliphatic rings. The van der Waals surface area contributed by atoms with Gasteiger partial charge in [-0.1, -0.05) is 0 Å². The number of anilines is 2. The lowest BCUT2D eigenvalue weighted by molar-refractivity contribution is -0.124. The minimum atomic E-state index is -0.802. The summed E-state index contributed by atoms with van der Waals surface area (Å²) in [5.41, 5.74) is 0.883. The van der Waals surface area contributed by atoms with Gasteiger partial charge in [0.2, 0.25) is 5.91 Å². The van der Waals surface area contributed by atoms with Gasteiger partial charge in [0.25, 0.3) is 5.91 Å². The Morgan fingerprint density at radius 3 is 2.24 bits per heavy atom. The van der Waals surface area contributed by atoms with Crippen molar-refractivity contribution in [3.8, 4) is 0 Å². The highest BCUT2D eigenvalue weighted by molar-refractivity contribution is 7.80. The Morgan fingerprint density at radius 2 is 1.61 bits per heavy atom. The van der Waals surface area contributed by atoms with Gasteiger partial charge in [-0.2, -0.15) is 0 Å². The van der Waals surface area contributed by atoms with Crippen molar-refractivity contribution in [1.29, 1.82) is 0 Å². The normalized spacial score (nSPS) is 19.3. The van der Waals surface area contributed by atoms with Crippen LogP contribution in [0.2, 0.25) is 0 Å². The predicted molar refractivity (Wildman–Crippen MR) is 124 cm³/mol. The average molecular weight is 475 g/mol. The van der Waals surface area contributed by atoms with Crippen LogP contribution >= 0.6 is 12.2 Å². The first kappa shape index (κ1) is 23.2. The van der Waals surface area contributed by atoms with Gasteiger partial charge in [-0.25, -0.2) is 8.78 Å². The fourth-order valence-corrected chi connectivity index (χ4v) is 4.32. The summed E-state index contributed by atoms with van der Waals surface area (Å²) in [5, 5.41) is 2.97. The third-order valence-corrected chi connectivity index (χ3v) is 6.09. The number of thiocarbonyl (C=S) groups is 1. The van der Waals surface area contributed by atoms with Gasteiger partial charge in [0.15, 0.2) is 5.11 Å². The van der Waals surface area contributed by atoms with E-state index >= 15 is 0 Å². The summed E-state index contributed by atoms with van der Waals surface area (Å²) in [6, 6.07) is 10.1. The number of hydrogen-bond donors (Lipinski definition) is 1. The number of benzene rings is 2. The summed E-state index contributed by atoms with van der Waals surface area (Å²) in [5.74, 6) is -1.56. The SMILES string of the molecule is O=C(C[C@H]1C(=O)N(c2ccc(F)cc2)C(=S)N1CCN1CCOCC1)Nc1ccc(F)cc1. The molecule has 174 valence electrons. The monoisotopic (exact) mass is 474 g/mol. The zero-order chi connectivity index (χ0) is 23.4. The largest absolute Gasteiger partial charge is 0.379 e. The van der Waals surface area contributed by atoms with E-state index in [0.29, 0.717) is 37.7 Å². The third kappa shape index (κ3) is 5.52. The summed E-state index contributed by atoms with van der Waals surface area (Å²) in [6.45, 7) is 3.97. The number of carbonyl (C=O) groups excluding carboxylic acids is 2. The van der Waals surface area contributed by atoms with E-state index in [-0.39, 0.29) is 23.3 Å². The summed E-state index contributed by atoms with van der Waals surface area (Å²) in [6.07, 6.45) is -0.128. The van der Waals surface area contributed by atoms with Crippen molar-refractivity contribution in [3.05, 3.63) is 60.2 Å². The van der Waals surface area contributed by atoms with Crippen molar-refractivity contribution in [2.75, 3.05) is 49.6 Å². The number of amides is 2. The van der Waals surface area contributed by atoms with Crippen molar-refractivity contribution in [1.82, 2.24) is 9.80 Å². The van der Waals surface area contributed by atoms with Gasteiger partial charge in [-0.15, -0.1) is 0 Å². The third-order valence-electron chi connectivity index (χ3n) is 5.67. The van der Waals surface area contributed by atoms with E-state index in [1.54, 1.807) is 4.90 Å². The molecule has 2 fully saturated rings. The number of hydrogen-bond acceptors (Lipinski definition) is 5. The molecule has 2 aromatic rings. The first-order valence-electron chi connectivity index (χ1n) is 10.7. The second-order valence-electron chi connectivity index (χ2n) is 7.86. The second-order valence-corrected chi connectivity index (χ2v) is 8.22. The maximum atomic E-state index is 13.4. The smallest absolute Gasteiger partial charge is 0.256 e. The molecule has 10 heteroatoms. The zero-order valence-electron chi connectivity index (χ0n) is 17.9. The lowest BCUT2D eigenvalue weighted by atomic mass is 10.1. The van der Waals surface area contributed by atoms with Gasteiger partial charge in [-0.05, 0) is 60.7 Å². The highest BCUT2D eigenvalue weighted by Crippen LogP contribution is 2.27. The Labute approximate surface area is 195 Å². The number of rotatable bonds is 7. The van der Waals surface area contributed by atoms with Gasteiger partial charge >= 0.3 is 0 Å².